The van der Waals surface area contributed by atoms with Crippen molar-refractivity contribution in [1.29, 1.82) is 0 Å². The van der Waals surface area contributed by atoms with Crippen molar-refractivity contribution >= 4 is 5.91 Å². The first-order valence-electron chi connectivity index (χ1n) is 11.4. The highest BCUT2D eigenvalue weighted by atomic mass is 16.1. The standard InChI is InChI=1S/C27H31N5O/c1-19-6-10-23(11-7-19)17-31-18-25(26(30-31)24-12-8-20(2)9-13-24)27(33)28-14-5-15-32-22(4)16-21(3)29-32/h6-13,16,18H,5,14-15,17H2,1-4H3,(H,28,33). The number of rotatable bonds is 8. The first-order valence-corrected chi connectivity index (χ1v) is 11.4. The lowest BCUT2D eigenvalue weighted by Crippen LogP contribution is -2.25. The fourth-order valence-corrected chi connectivity index (χ4v) is 3.90. The molecule has 6 nitrogen and oxygen atoms in total. The highest BCUT2D eigenvalue weighted by molar-refractivity contribution is 5.99. The van der Waals surface area contributed by atoms with Crippen LogP contribution in [0.1, 0.15) is 44.9 Å². The van der Waals surface area contributed by atoms with Gasteiger partial charge in [0.25, 0.3) is 5.91 Å². The fraction of sp³-hybridized carbons (Fsp3) is 0.296. The lowest BCUT2D eigenvalue weighted by atomic mass is 10.1. The number of nitrogens with one attached hydrogen (secondary N) is 1. The summed E-state index contributed by atoms with van der Waals surface area (Å²) in [5.41, 5.74) is 7.94. The molecule has 0 bridgehead atoms. The minimum Gasteiger partial charge on any atom is -0.352 e. The maximum absolute atomic E-state index is 13.1. The van der Waals surface area contributed by atoms with Crippen molar-refractivity contribution in [3.63, 3.8) is 0 Å². The van der Waals surface area contributed by atoms with Gasteiger partial charge in [0.1, 0.15) is 5.69 Å². The van der Waals surface area contributed by atoms with Crippen LogP contribution in [-0.2, 0) is 13.1 Å². The molecule has 0 aliphatic heterocycles. The van der Waals surface area contributed by atoms with Crippen LogP contribution < -0.4 is 5.32 Å². The summed E-state index contributed by atoms with van der Waals surface area (Å²) in [5.74, 6) is -0.103. The molecule has 0 saturated heterocycles. The van der Waals surface area contributed by atoms with Gasteiger partial charge >= 0.3 is 0 Å². The molecule has 6 heteroatoms. The third-order valence-corrected chi connectivity index (χ3v) is 5.73. The molecule has 0 saturated carbocycles. The van der Waals surface area contributed by atoms with E-state index >= 15 is 0 Å². The molecule has 4 rings (SSSR count). The van der Waals surface area contributed by atoms with E-state index in [2.05, 4.69) is 61.5 Å². The Kier molecular flexibility index (Phi) is 6.73. The highest BCUT2D eigenvalue weighted by Gasteiger charge is 2.18. The van der Waals surface area contributed by atoms with Crippen molar-refractivity contribution in [2.24, 2.45) is 0 Å². The van der Waals surface area contributed by atoms with E-state index in [1.165, 1.54) is 11.1 Å². The van der Waals surface area contributed by atoms with Crippen molar-refractivity contribution in [2.45, 2.75) is 47.2 Å². The number of benzene rings is 2. The molecule has 1 amide bonds. The lowest BCUT2D eigenvalue weighted by molar-refractivity contribution is 0.0953. The van der Waals surface area contributed by atoms with Crippen LogP contribution in [0, 0.1) is 27.7 Å². The van der Waals surface area contributed by atoms with Gasteiger partial charge in [0.15, 0.2) is 0 Å². The van der Waals surface area contributed by atoms with Gasteiger partial charge in [-0.1, -0.05) is 59.7 Å². The Morgan fingerprint density at radius 3 is 2.21 bits per heavy atom. The number of carbonyl (C=O) groups excluding carboxylic acids is 1. The smallest absolute Gasteiger partial charge is 0.255 e. The molecule has 1 N–H and O–H groups in total. The number of amides is 1. The topological polar surface area (TPSA) is 64.7 Å². The van der Waals surface area contributed by atoms with Crippen molar-refractivity contribution < 1.29 is 4.79 Å². The molecule has 2 heterocycles. The summed E-state index contributed by atoms with van der Waals surface area (Å²) in [6.45, 7) is 10.1. The Hall–Kier alpha value is -3.67. The molecule has 2 aromatic carbocycles. The Morgan fingerprint density at radius 1 is 0.909 bits per heavy atom. The molecule has 0 aliphatic rings. The highest BCUT2D eigenvalue weighted by Crippen LogP contribution is 2.23. The van der Waals surface area contributed by atoms with Crippen LogP contribution in [0.15, 0.2) is 60.8 Å². The van der Waals surface area contributed by atoms with Crippen molar-refractivity contribution in [3.8, 4) is 11.3 Å². The van der Waals surface area contributed by atoms with Gasteiger partial charge in [-0.25, -0.2) is 0 Å². The zero-order valence-corrected chi connectivity index (χ0v) is 19.8. The van der Waals surface area contributed by atoms with Gasteiger partial charge in [-0.05, 0) is 45.7 Å². The molecule has 0 spiro atoms. The van der Waals surface area contributed by atoms with Gasteiger partial charge < -0.3 is 5.32 Å². The van der Waals surface area contributed by atoms with E-state index in [0.29, 0.717) is 24.3 Å². The van der Waals surface area contributed by atoms with Crippen LogP contribution in [0.25, 0.3) is 11.3 Å². The van der Waals surface area contributed by atoms with Gasteiger partial charge in [0, 0.05) is 30.5 Å². The minimum absolute atomic E-state index is 0.103. The number of hydrogen-bond donors (Lipinski definition) is 1. The van der Waals surface area contributed by atoms with Crippen molar-refractivity contribution in [2.75, 3.05) is 6.54 Å². The summed E-state index contributed by atoms with van der Waals surface area (Å²) in [4.78, 5) is 13.1. The maximum Gasteiger partial charge on any atom is 0.255 e. The molecule has 4 aromatic rings. The first-order chi connectivity index (χ1) is 15.9. The summed E-state index contributed by atoms with van der Waals surface area (Å²) >= 11 is 0. The quantitative estimate of drug-likeness (QED) is 0.398. The zero-order valence-electron chi connectivity index (χ0n) is 19.8. The minimum atomic E-state index is -0.103. The summed E-state index contributed by atoms with van der Waals surface area (Å²) in [7, 11) is 0. The Labute approximate surface area is 195 Å². The molecule has 33 heavy (non-hydrogen) atoms. The monoisotopic (exact) mass is 441 g/mol. The van der Waals surface area contributed by atoms with Crippen LogP contribution in [0.4, 0.5) is 0 Å². The Morgan fingerprint density at radius 2 is 1.58 bits per heavy atom. The number of aryl methyl sites for hydroxylation is 5. The second kappa shape index (κ2) is 9.86. The predicted molar refractivity (Wildman–Crippen MR) is 131 cm³/mol. The van der Waals surface area contributed by atoms with E-state index in [4.69, 9.17) is 5.10 Å². The van der Waals surface area contributed by atoms with Gasteiger partial charge in [-0.2, -0.15) is 10.2 Å². The third kappa shape index (κ3) is 5.58. The van der Waals surface area contributed by atoms with Gasteiger partial charge in [0.05, 0.1) is 17.8 Å². The predicted octanol–water partition coefficient (Wildman–Crippen LogP) is 4.85. The van der Waals surface area contributed by atoms with Crippen LogP contribution in [0.5, 0.6) is 0 Å². The van der Waals surface area contributed by atoms with Gasteiger partial charge in [-0.15, -0.1) is 0 Å². The van der Waals surface area contributed by atoms with E-state index in [1.807, 2.05) is 46.7 Å². The second-order valence-corrected chi connectivity index (χ2v) is 8.70. The SMILES string of the molecule is Cc1ccc(Cn2cc(C(=O)NCCCn3nc(C)cc3C)c(-c3ccc(C)cc3)n2)cc1. The fourth-order valence-electron chi connectivity index (χ4n) is 3.90. The van der Waals surface area contributed by atoms with Crippen LogP contribution >= 0.6 is 0 Å². The molecular weight excluding hydrogens is 410 g/mol. The van der Waals surface area contributed by atoms with Crippen LogP contribution in [0.3, 0.4) is 0 Å². The maximum atomic E-state index is 13.1. The molecule has 0 aliphatic carbocycles. The second-order valence-electron chi connectivity index (χ2n) is 8.70. The van der Waals surface area contributed by atoms with E-state index in [0.717, 1.165) is 35.5 Å². The molecule has 0 fully saturated rings. The zero-order chi connectivity index (χ0) is 23.4. The van der Waals surface area contributed by atoms with E-state index in [-0.39, 0.29) is 5.91 Å². The normalized spacial score (nSPS) is 11.0. The molecule has 0 radical (unpaired) electrons. The average molecular weight is 442 g/mol. The van der Waals surface area contributed by atoms with Crippen molar-refractivity contribution in [3.05, 3.63) is 94.4 Å². The number of carbonyl (C=O) groups is 1. The number of aromatic nitrogens is 4. The summed E-state index contributed by atoms with van der Waals surface area (Å²) in [6.07, 6.45) is 2.66. The van der Waals surface area contributed by atoms with Crippen LogP contribution in [-0.4, -0.2) is 32.0 Å². The molecule has 2 aromatic heterocycles. The van der Waals surface area contributed by atoms with Crippen LogP contribution in [0.2, 0.25) is 0 Å². The lowest BCUT2D eigenvalue weighted by Gasteiger charge is -2.07. The largest absolute Gasteiger partial charge is 0.352 e. The summed E-state index contributed by atoms with van der Waals surface area (Å²) < 4.78 is 3.84. The van der Waals surface area contributed by atoms with E-state index in [9.17, 15) is 4.79 Å². The Balaban J connectivity index is 1.49. The number of hydrogen-bond acceptors (Lipinski definition) is 3. The summed E-state index contributed by atoms with van der Waals surface area (Å²) in [5, 5.41) is 12.3. The summed E-state index contributed by atoms with van der Waals surface area (Å²) in [6, 6.07) is 18.6. The average Bonchev–Trinajstić information content (AvgIpc) is 3.35. The Bertz CT molecular complexity index is 1230. The molecule has 170 valence electrons. The number of nitrogens with zero attached hydrogens (tertiary/aromatic N) is 4. The van der Waals surface area contributed by atoms with Crippen molar-refractivity contribution in [1.82, 2.24) is 24.9 Å². The van der Waals surface area contributed by atoms with E-state index in [1.54, 1.807) is 0 Å². The van der Waals surface area contributed by atoms with E-state index < -0.39 is 0 Å². The first kappa shape index (κ1) is 22.5. The molecular formula is C27H31N5O. The van der Waals surface area contributed by atoms with Gasteiger partial charge in [0.2, 0.25) is 0 Å². The molecule has 0 atom stereocenters. The molecule has 0 unspecified atom stereocenters. The van der Waals surface area contributed by atoms with Gasteiger partial charge in [-0.3, -0.25) is 14.2 Å². The third-order valence-electron chi connectivity index (χ3n) is 5.73.